The molecule has 10 heavy (non-hydrogen) atoms. The third-order valence-electron chi connectivity index (χ3n) is 1.19. The Balaban J connectivity index is 0. The smallest absolute Gasteiger partial charge is 0.316 e. The quantitative estimate of drug-likeness (QED) is 0.391. The maximum atomic E-state index is 5.49. The van der Waals surface area contributed by atoms with E-state index < -0.39 is 0 Å². The molecular formula is C6H17MgNS2. The predicted octanol–water partition coefficient (Wildman–Crippen LogP) is 0.745. The lowest BCUT2D eigenvalue weighted by Crippen LogP contribution is -2.11. The zero-order valence-corrected chi connectivity index (χ0v) is 7.77. The topological polar surface area (TPSA) is 26.0 Å². The van der Waals surface area contributed by atoms with Crippen molar-refractivity contribution in [1.82, 2.24) is 0 Å². The summed E-state index contributed by atoms with van der Waals surface area (Å²) in [5.41, 5.74) is 5.49. The highest BCUT2D eigenvalue weighted by molar-refractivity contribution is 8.36. The Morgan fingerprint density at radius 1 is 1.50 bits per heavy atom. The molecule has 1 unspecified atom stereocenters. The van der Waals surface area contributed by atoms with E-state index in [0.717, 1.165) is 10.1 Å². The molecule has 0 heterocycles. The van der Waals surface area contributed by atoms with Crippen molar-refractivity contribution in [3.63, 3.8) is 0 Å². The van der Waals surface area contributed by atoms with Crippen LogP contribution in [0.2, 0.25) is 0 Å². The normalized spacial score (nSPS) is 13.6. The summed E-state index contributed by atoms with van der Waals surface area (Å²) >= 11 is 4.89. The van der Waals surface area contributed by atoms with Crippen LogP contribution in [0.15, 0.2) is 0 Å². The SMILES string of the molecule is CCC[SH](CC)C(N)=S.[MgH2]. The van der Waals surface area contributed by atoms with Crippen LogP contribution in [0, 0.1) is 0 Å². The van der Waals surface area contributed by atoms with Crippen molar-refractivity contribution in [2.24, 2.45) is 5.73 Å². The minimum Gasteiger partial charge on any atom is -0.386 e. The van der Waals surface area contributed by atoms with Gasteiger partial charge in [-0.2, -0.15) is 0 Å². The van der Waals surface area contributed by atoms with Crippen LogP contribution in [0.1, 0.15) is 20.3 Å². The molecule has 0 aromatic carbocycles. The van der Waals surface area contributed by atoms with Crippen molar-refractivity contribution in [2.45, 2.75) is 20.3 Å². The molecule has 0 fully saturated rings. The number of thiocarbonyl (C=S) groups is 1. The number of hydrogen-bond acceptors (Lipinski definition) is 1. The fourth-order valence-electron chi connectivity index (χ4n) is 0.694. The molecule has 0 saturated heterocycles. The third-order valence-corrected chi connectivity index (χ3v) is 4.34. The minimum atomic E-state index is -0.108. The van der Waals surface area contributed by atoms with Crippen LogP contribution >= 0.6 is 23.1 Å². The predicted molar refractivity (Wildman–Crippen MR) is 60.0 cm³/mol. The molecule has 0 aromatic rings. The summed E-state index contributed by atoms with van der Waals surface area (Å²) in [7, 11) is -0.108. The number of hydrogen-bond donors (Lipinski definition) is 2. The summed E-state index contributed by atoms with van der Waals surface area (Å²) in [5.74, 6) is 2.36. The van der Waals surface area contributed by atoms with E-state index in [1.165, 1.54) is 12.2 Å². The molecule has 0 aliphatic carbocycles. The van der Waals surface area contributed by atoms with Gasteiger partial charge in [-0.3, -0.25) is 0 Å². The molecule has 0 spiro atoms. The molecule has 0 aromatic heterocycles. The molecule has 4 heteroatoms. The fraction of sp³-hybridized carbons (Fsp3) is 0.833. The molecule has 0 amide bonds. The van der Waals surface area contributed by atoms with Crippen LogP contribution in [0.25, 0.3) is 0 Å². The highest BCUT2D eigenvalue weighted by Gasteiger charge is 2.00. The Hall–Kier alpha value is 1.01. The monoisotopic (exact) mass is 191 g/mol. The van der Waals surface area contributed by atoms with Crippen molar-refractivity contribution < 1.29 is 0 Å². The van der Waals surface area contributed by atoms with Crippen LogP contribution < -0.4 is 5.73 Å². The summed E-state index contributed by atoms with van der Waals surface area (Å²) in [6.45, 7) is 4.32. The maximum Gasteiger partial charge on any atom is 0.316 e. The molecular weight excluding hydrogens is 175 g/mol. The zero-order valence-electron chi connectivity index (χ0n) is 6.05. The van der Waals surface area contributed by atoms with Crippen LogP contribution in [0.5, 0.6) is 0 Å². The van der Waals surface area contributed by atoms with Crippen LogP contribution in [0.4, 0.5) is 0 Å². The van der Waals surface area contributed by atoms with Gasteiger partial charge in [0.05, 0.1) is 0 Å². The molecule has 0 aliphatic rings. The summed E-state index contributed by atoms with van der Waals surface area (Å²) in [4.78, 5) is 0. The second-order valence-corrected chi connectivity index (χ2v) is 5.30. The highest BCUT2D eigenvalue weighted by atomic mass is 32.2. The first kappa shape index (κ1) is 13.6. The largest absolute Gasteiger partial charge is 0.386 e. The first-order chi connectivity index (χ1) is 4.22. The first-order valence-electron chi connectivity index (χ1n) is 3.26. The van der Waals surface area contributed by atoms with Gasteiger partial charge >= 0.3 is 23.1 Å². The Morgan fingerprint density at radius 2 is 2.00 bits per heavy atom. The van der Waals surface area contributed by atoms with E-state index in [2.05, 4.69) is 13.8 Å². The summed E-state index contributed by atoms with van der Waals surface area (Å²) in [6, 6.07) is 0. The van der Waals surface area contributed by atoms with Gasteiger partial charge in [0.25, 0.3) is 0 Å². The van der Waals surface area contributed by atoms with E-state index in [1.807, 2.05) is 0 Å². The molecule has 0 aliphatic heterocycles. The summed E-state index contributed by atoms with van der Waals surface area (Å²) in [6.07, 6.45) is 1.21. The van der Waals surface area contributed by atoms with Gasteiger partial charge in [0.1, 0.15) is 4.32 Å². The van der Waals surface area contributed by atoms with Crippen molar-refractivity contribution in [3.05, 3.63) is 0 Å². The highest BCUT2D eigenvalue weighted by Crippen LogP contribution is 2.24. The molecule has 60 valence electrons. The average molecular weight is 192 g/mol. The van der Waals surface area contributed by atoms with Crippen LogP contribution in [-0.4, -0.2) is 38.9 Å². The van der Waals surface area contributed by atoms with Crippen molar-refractivity contribution >= 4 is 50.5 Å². The van der Waals surface area contributed by atoms with Gasteiger partial charge in [-0.25, -0.2) is 10.9 Å². The van der Waals surface area contributed by atoms with Gasteiger partial charge < -0.3 is 5.73 Å². The van der Waals surface area contributed by atoms with E-state index in [0.29, 0.717) is 0 Å². The maximum absolute atomic E-state index is 5.49. The van der Waals surface area contributed by atoms with Gasteiger partial charge in [0.15, 0.2) is 0 Å². The lowest BCUT2D eigenvalue weighted by Gasteiger charge is -2.15. The second kappa shape index (κ2) is 8.11. The van der Waals surface area contributed by atoms with Crippen molar-refractivity contribution in [1.29, 1.82) is 0 Å². The van der Waals surface area contributed by atoms with Gasteiger partial charge in [0, 0.05) is 0 Å². The molecule has 0 saturated carbocycles. The van der Waals surface area contributed by atoms with Crippen LogP contribution in [-0.2, 0) is 0 Å². The third kappa shape index (κ3) is 5.77. The average Bonchev–Trinajstić information content (AvgIpc) is 1.82. The molecule has 0 rings (SSSR count). The molecule has 1 nitrogen and oxygen atoms in total. The fourth-order valence-corrected chi connectivity index (χ4v) is 2.74. The minimum absolute atomic E-state index is 0. The van der Waals surface area contributed by atoms with E-state index >= 15 is 0 Å². The Kier molecular flexibility index (Phi) is 11.0. The van der Waals surface area contributed by atoms with Gasteiger partial charge in [0.2, 0.25) is 0 Å². The van der Waals surface area contributed by atoms with E-state index in [9.17, 15) is 0 Å². The number of rotatable bonds is 3. The lowest BCUT2D eigenvalue weighted by atomic mass is 10.6. The zero-order chi connectivity index (χ0) is 7.28. The van der Waals surface area contributed by atoms with E-state index in [4.69, 9.17) is 18.0 Å². The summed E-state index contributed by atoms with van der Waals surface area (Å²) < 4.78 is 0.745. The van der Waals surface area contributed by atoms with E-state index in [1.54, 1.807) is 0 Å². The van der Waals surface area contributed by atoms with Gasteiger partial charge in [-0.1, -0.05) is 26.1 Å². The Bertz CT molecular complexity index is 97.7. The summed E-state index contributed by atoms with van der Waals surface area (Å²) in [5, 5.41) is 0. The molecule has 0 bridgehead atoms. The Labute approximate surface area is 87.6 Å². The first-order valence-corrected chi connectivity index (χ1v) is 5.38. The van der Waals surface area contributed by atoms with Crippen LogP contribution in [0.3, 0.4) is 0 Å². The number of thiol groups is 1. The van der Waals surface area contributed by atoms with Gasteiger partial charge in [-0.05, 0) is 17.9 Å². The molecule has 1 atom stereocenters. The van der Waals surface area contributed by atoms with Gasteiger partial charge in [-0.15, -0.1) is 0 Å². The standard InChI is InChI=1S/C6H15NS2.Mg.2H/c1-3-5-9(4-2)6(7)8;;;/h9H,3-5H2,1-2H3,(H2,7,8);;;. The molecule has 0 radical (unpaired) electrons. The Morgan fingerprint density at radius 3 is 2.10 bits per heavy atom. The number of nitrogens with two attached hydrogens (primary N) is 1. The van der Waals surface area contributed by atoms with E-state index in [-0.39, 0.29) is 33.9 Å². The van der Waals surface area contributed by atoms with Crippen molar-refractivity contribution in [2.75, 3.05) is 11.5 Å². The second-order valence-electron chi connectivity index (χ2n) is 1.92. The van der Waals surface area contributed by atoms with Crippen molar-refractivity contribution in [3.8, 4) is 0 Å². The lowest BCUT2D eigenvalue weighted by molar-refractivity contribution is 1.10. The molecule has 2 N–H and O–H groups in total.